The van der Waals surface area contributed by atoms with E-state index in [1.54, 1.807) is 11.3 Å². The van der Waals surface area contributed by atoms with Gasteiger partial charge in [0.25, 0.3) is 0 Å². The molecule has 114 valence electrons. The van der Waals surface area contributed by atoms with E-state index >= 15 is 0 Å². The zero-order chi connectivity index (χ0) is 14.8. The first-order valence-electron chi connectivity index (χ1n) is 7.47. The number of fused-ring (bicyclic) bond motifs is 1. The zero-order valence-corrected chi connectivity index (χ0v) is 13.0. The molecule has 0 N–H and O–H groups in total. The highest BCUT2D eigenvalue weighted by molar-refractivity contribution is 7.13. The van der Waals surface area contributed by atoms with E-state index in [9.17, 15) is 0 Å². The van der Waals surface area contributed by atoms with Crippen molar-refractivity contribution >= 4 is 11.3 Å². The summed E-state index contributed by atoms with van der Waals surface area (Å²) in [5.41, 5.74) is 0. The van der Waals surface area contributed by atoms with E-state index in [2.05, 4.69) is 30.8 Å². The molecule has 0 amide bonds. The van der Waals surface area contributed by atoms with Crippen LogP contribution in [0.1, 0.15) is 18.1 Å². The van der Waals surface area contributed by atoms with Gasteiger partial charge in [0.2, 0.25) is 11.7 Å². The average molecular weight is 315 g/mol. The second kappa shape index (κ2) is 6.02. The Kier molecular flexibility index (Phi) is 3.74. The summed E-state index contributed by atoms with van der Waals surface area (Å²) < 4.78 is 7.56. The fourth-order valence-electron chi connectivity index (χ4n) is 2.73. The Balaban J connectivity index is 1.29. The lowest BCUT2D eigenvalue weighted by atomic mass is 10.2. The van der Waals surface area contributed by atoms with Gasteiger partial charge in [-0.15, -0.1) is 11.3 Å². The van der Waals surface area contributed by atoms with Gasteiger partial charge in [0, 0.05) is 31.9 Å². The van der Waals surface area contributed by atoms with Crippen LogP contribution in [0.3, 0.4) is 0 Å². The minimum absolute atomic E-state index is 0.699. The van der Waals surface area contributed by atoms with E-state index in [0.717, 1.165) is 55.6 Å². The number of nitrogens with zero attached hydrogens (tertiary/aromatic N) is 5. The Morgan fingerprint density at radius 2 is 2.32 bits per heavy atom. The van der Waals surface area contributed by atoms with Gasteiger partial charge in [-0.1, -0.05) is 11.2 Å². The number of thiophene rings is 1. The first-order chi connectivity index (χ1) is 10.9. The molecular formula is C15H17N5OS. The maximum Gasteiger partial charge on any atom is 0.227 e. The molecule has 3 aromatic heterocycles. The van der Waals surface area contributed by atoms with Crippen LogP contribution in [-0.4, -0.2) is 37.7 Å². The Morgan fingerprint density at radius 1 is 1.32 bits per heavy atom. The molecule has 1 aliphatic rings. The van der Waals surface area contributed by atoms with Crippen molar-refractivity contribution in [1.82, 2.24) is 24.6 Å². The smallest absolute Gasteiger partial charge is 0.227 e. The fraction of sp³-hybridized carbons (Fsp3) is 0.400. The minimum atomic E-state index is 0.699. The second-order valence-corrected chi connectivity index (χ2v) is 6.35. The largest absolute Gasteiger partial charge is 0.339 e. The third-order valence-electron chi connectivity index (χ3n) is 3.90. The van der Waals surface area contributed by atoms with Crippen molar-refractivity contribution in [3.63, 3.8) is 0 Å². The molecule has 0 aliphatic carbocycles. The van der Waals surface area contributed by atoms with Gasteiger partial charge in [0.05, 0.1) is 11.4 Å². The minimum Gasteiger partial charge on any atom is -0.339 e. The topological polar surface area (TPSA) is 60.0 Å². The van der Waals surface area contributed by atoms with Gasteiger partial charge in [0.1, 0.15) is 5.82 Å². The molecule has 0 bridgehead atoms. The molecule has 6 nitrogen and oxygen atoms in total. The molecule has 0 spiro atoms. The van der Waals surface area contributed by atoms with Gasteiger partial charge in [0.15, 0.2) is 0 Å². The standard InChI is InChI=1S/C15H17N5OS/c1(6-19-8-9-20-7-5-16-13(20)11-19)4-14-17-15(18-21-14)12-3-2-10-22-12/h2-3,5,7,10H,1,4,6,8-9,11H2. The lowest BCUT2D eigenvalue weighted by molar-refractivity contribution is 0.212. The summed E-state index contributed by atoms with van der Waals surface area (Å²) in [6.07, 6.45) is 5.77. The highest BCUT2D eigenvalue weighted by Gasteiger charge is 2.16. The van der Waals surface area contributed by atoms with Crippen molar-refractivity contribution < 1.29 is 4.52 Å². The Labute approximate surface area is 132 Å². The van der Waals surface area contributed by atoms with Gasteiger partial charge in [-0.05, 0) is 24.4 Å². The number of aromatic nitrogens is 4. The fourth-order valence-corrected chi connectivity index (χ4v) is 3.38. The summed E-state index contributed by atoms with van der Waals surface area (Å²) in [6.45, 7) is 4.06. The molecular weight excluding hydrogens is 298 g/mol. The molecule has 3 aromatic rings. The quantitative estimate of drug-likeness (QED) is 0.724. The molecule has 1 aliphatic heterocycles. The molecule has 0 saturated heterocycles. The first-order valence-corrected chi connectivity index (χ1v) is 8.35. The van der Waals surface area contributed by atoms with E-state index in [4.69, 9.17) is 4.52 Å². The van der Waals surface area contributed by atoms with Crippen molar-refractivity contribution in [1.29, 1.82) is 0 Å². The van der Waals surface area contributed by atoms with Crippen LogP contribution in [-0.2, 0) is 19.5 Å². The third-order valence-corrected chi connectivity index (χ3v) is 4.76. The summed E-state index contributed by atoms with van der Waals surface area (Å²) in [4.78, 5) is 12.3. The van der Waals surface area contributed by atoms with Crippen LogP contribution < -0.4 is 0 Å². The number of hydrogen-bond donors (Lipinski definition) is 0. The second-order valence-electron chi connectivity index (χ2n) is 5.41. The molecule has 0 fully saturated rings. The number of rotatable bonds is 5. The van der Waals surface area contributed by atoms with Crippen molar-refractivity contribution in [2.24, 2.45) is 0 Å². The Hall–Kier alpha value is -1.99. The molecule has 0 unspecified atom stereocenters. The Bertz CT molecular complexity index is 733. The summed E-state index contributed by atoms with van der Waals surface area (Å²) >= 11 is 1.63. The molecule has 0 radical (unpaired) electrons. The maximum absolute atomic E-state index is 5.33. The molecule has 4 heterocycles. The third kappa shape index (κ3) is 2.82. The van der Waals surface area contributed by atoms with E-state index < -0.39 is 0 Å². The average Bonchev–Trinajstić information content (AvgIpc) is 3.28. The predicted molar refractivity (Wildman–Crippen MR) is 83.4 cm³/mol. The normalized spacial score (nSPS) is 15.1. The van der Waals surface area contributed by atoms with Crippen LogP contribution in [0.2, 0.25) is 0 Å². The van der Waals surface area contributed by atoms with E-state index in [1.807, 2.05) is 23.7 Å². The van der Waals surface area contributed by atoms with Crippen LogP contribution in [0, 0.1) is 0 Å². The van der Waals surface area contributed by atoms with Crippen LogP contribution in [0.5, 0.6) is 0 Å². The van der Waals surface area contributed by atoms with E-state index in [1.165, 1.54) is 0 Å². The first kappa shape index (κ1) is 13.7. The maximum atomic E-state index is 5.33. The van der Waals surface area contributed by atoms with Gasteiger partial charge in [-0.2, -0.15) is 4.98 Å². The summed E-state index contributed by atoms with van der Waals surface area (Å²) in [7, 11) is 0. The van der Waals surface area contributed by atoms with Crippen molar-refractivity contribution in [2.45, 2.75) is 25.9 Å². The van der Waals surface area contributed by atoms with Crippen molar-refractivity contribution in [2.75, 3.05) is 13.1 Å². The van der Waals surface area contributed by atoms with Gasteiger partial charge in [-0.3, -0.25) is 4.90 Å². The lowest BCUT2D eigenvalue weighted by Crippen LogP contribution is -2.34. The van der Waals surface area contributed by atoms with Crippen molar-refractivity contribution in [3.8, 4) is 10.7 Å². The molecule has 0 aromatic carbocycles. The van der Waals surface area contributed by atoms with Crippen LogP contribution >= 0.6 is 11.3 Å². The van der Waals surface area contributed by atoms with E-state index in [-0.39, 0.29) is 0 Å². The number of aryl methyl sites for hydroxylation is 1. The highest BCUT2D eigenvalue weighted by atomic mass is 32.1. The molecule has 4 rings (SSSR count). The Morgan fingerprint density at radius 3 is 3.23 bits per heavy atom. The number of hydrogen-bond acceptors (Lipinski definition) is 6. The van der Waals surface area contributed by atoms with Gasteiger partial charge in [-0.25, -0.2) is 4.98 Å². The van der Waals surface area contributed by atoms with Gasteiger partial charge < -0.3 is 9.09 Å². The molecule has 22 heavy (non-hydrogen) atoms. The van der Waals surface area contributed by atoms with E-state index in [0.29, 0.717) is 5.82 Å². The summed E-state index contributed by atoms with van der Waals surface area (Å²) in [5, 5.41) is 6.06. The predicted octanol–water partition coefficient (Wildman–Crippen LogP) is 2.44. The molecule has 7 heteroatoms. The number of imidazole rings is 1. The highest BCUT2D eigenvalue weighted by Crippen LogP contribution is 2.21. The van der Waals surface area contributed by atoms with Crippen LogP contribution in [0.15, 0.2) is 34.4 Å². The van der Waals surface area contributed by atoms with Crippen LogP contribution in [0.4, 0.5) is 0 Å². The lowest BCUT2D eigenvalue weighted by Gasteiger charge is -2.27. The van der Waals surface area contributed by atoms with Crippen LogP contribution in [0.25, 0.3) is 10.7 Å². The van der Waals surface area contributed by atoms with Crippen molar-refractivity contribution in [3.05, 3.63) is 41.6 Å². The molecule has 0 atom stereocenters. The summed E-state index contributed by atoms with van der Waals surface area (Å²) in [5.74, 6) is 2.58. The molecule has 0 saturated carbocycles. The summed E-state index contributed by atoms with van der Waals surface area (Å²) in [6, 6.07) is 4.01. The zero-order valence-electron chi connectivity index (χ0n) is 12.2. The monoisotopic (exact) mass is 315 g/mol. The SMILES string of the molecule is c1csc(-c2noc(CCCN3CCn4ccnc4C3)n2)c1. The van der Waals surface area contributed by atoms with Gasteiger partial charge >= 0.3 is 0 Å².